The molecule has 168 valence electrons. The summed E-state index contributed by atoms with van der Waals surface area (Å²) in [6, 6.07) is 3.74. The Balaban J connectivity index is 1.57. The van der Waals surface area contributed by atoms with E-state index in [1.165, 1.54) is 5.38 Å². The maximum Gasteiger partial charge on any atom is 0.275 e. The number of phenols is 1. The maximum atomic E-state index is 14.2. The van der Waals surface area contributed by atoms with Crippen molar-refractivity contribution in [2.24, 2.45) is 11.7 Å². The molecule has 1 aliphatic rings. The van der Waals surface area contributed by atoms with Crippen LogP contribution in [0.25, 0.3) is 10.6 Å². The van der Waals surface area contributed by atoms with Crippen molar-refractivity contribution in [3.8, 4) is 16.3 Å². The Hall–Kier alpha value is -3.11. The lowest BCUT2D eigenvalue weighted by Gasteiger charge is -2.38. The molecule has 7 nitrogen and oxygen atoms in total. The third-order valence-corrected chi connectivity index (χ3v) is 6.42. The molecule has 0 aliphatic carbocycles. The number of pyridine rings is 1. The molecule has 0 radical (unpaired) electrons. The average Bonchev–Trinajstić information content (AvgIpc) is 3.26. The first-order valence-electron chi connectivity index (χ1n) is 10.3. The number of benzene rings is 1. The summed E-state index contributed by atoms with van der Waals surface area (Å²) in [7, 11) is 0. The lowest BCUT2D eigenvalue weighted by molar-refractivity contribution is 0.102. The Morgan fingerprint density at radius 3 is 2.94 bits per heavy atom. The van der Waals surface area contributed by atoms with E-state index in [0.717, 1.165) is 48.5 Å². The second kappa shape index (κ2) is 9.17. The number of hydrogen-bond acceptors (Lipinski definition) is 7. The molecule has 2 aromatic heterocycles. The van der Waals surface area contributed by atoms with Crippen LogP contribution in [0.15, 0.2) is 36.0 Å². The molecule has 1 amide bonds. The largest absolute Gasteiger partial charge is 0.505 e. The molecule has 0 bridgehead atoms. The topological polar surface area (TPSA) is 104 Å². The zero-order valence-corrected chi connectivity index (χ0v) is 18.2. The van der Waals surface area contributed by atoms with E-state index < -0.39 is 28.9 Å². The van der Waals surface area contributed by atoms with E-state index >= 15 is 0 Å². The second-order valence-corrected chi connectivity index (χ2v) is 8.67. The van der Waals surface area contributed by atoms with Gasteiger partial charge in [-0.3, -0.25) is 9.78 Å². The first-order valence-corrected chi connectivity index (χ1v) is 11.1. The number of nitrogens with two attached hydrogens (primary N) is 1. The number of aromatic nitrogens is 2. The summed E-state index contributed by atoms with van der Waals surface area (Å²) in [5.41, 5.74) is 7.08. The molecule has 1 saturated heterocycles. The highest BCUT2D eigenvalue weighted by Gasteiger charge is 2.26. The van der Waals surface area contributed by atoms with E-state index in [2.05, 4.69) is 27.1 Å². The van der Waals surface area contributed by atoms with Crippen LogP contribution in [0.5, 0.6) is 5.75 Å². The van der Waals surface area contributed by atoms with E-state index in [0.29, 0.717) is 18.2 Å². The van der Waals surface area contributed by atoms with Crippen molar-refractivity contribution in [2.45, 2.75) is 25.8 Å². The lowest BCUT2D eigenvalue weighted by Crippen LogP contribution is -2.47. The van der Waals surface area contributed by atoms with Crippen LogP contribution in [-0.4, -0.2) is 40.1 Å². The number of aromatic hydroxyl groups is 1. The predicted molar refractivity (Wildman–Crippen MR) is 120 cm³/mol. The molecule has 1 aromatic carbocycles. The summed E-state index contributed by atoms with van der Waals surface area (Å²) < 4.78 is 28.3. The van der Waals surface area contributed by atoms with Crippen LogP contribution in [0.1, 0.15) is 30.3 Å². The molecule has 0 spiro atoms. The summed E-state index contributed by atoms with van der Waals surface area (Å²) in [5, 5.41) is 13.7. The van der Waals surface area contributed by atoms with Gasteiger partial charge in [0, 0.05) is 30.7 Å². The lowest BCUT2D eigenvalue weighted by atomic mass is 9.92. The number of thiazole rings is 1. The van der Waals surface area contributed by atoms with E-state index in [4.69, 9.17) is 5.73 Å². The van der Waals surface area contributed by atoms with Crippen molar-refractivity contribution in [1.29, 1.82) is 0 Å². The number of piperidine rings is 1. The predicted octanol–water partition coefficient (Wildman–Crippen LogP) is 4.00. The Morgan fingerprint density at radius 1 is 1.34 bits per heavy atom. The summed E-state index contributed by atoms with van der Waals surface area (Å²) in [6.45, 7) is 3.63. The van der Waals surface area contributed by atoms with Gasteiger partial charge in [0.1, 0.15) is 16.5 Å². The monoisotopic (exact) mass is 459 g/mol. The van der Waals surface area contributed by atoms with Crippen LogP contribution in [0.2, 0.25) is 0 Å². The van der Waals surface area contributed by atoms with E-state index in [1.807, 2.05) is 6.07 Å². The zero-order valence-electron chi connectivity index (χ0n) is 17.4. The van der Waals surface area contributed by atoms with Crippen LogP contribution in [0.4, 0.5) is 20.2 Å². The van der Waals surface area contributed by atoms with Crippen LogP contribution >= 0.6 is 11.3 Å². The summed E-state index contributed by atoms with van der Waals surface area (Å²) in [6.07, 6.45) is 5.18. The molecule has 32 heavy (non-hydrogen) atoms. The van der Waals surface area contributed by atoms with Crippen LogP contribution < -0.4 is 16.0 Å². The quantitative estimate of drug-likeness (QED) is 0.533. The van der Waals surface area contributed by atoms with E-state index in [-0.39, 0.29) is 16.7 Å². The van der Waals surface area contributed by atoms with Gasteiger partial charge >= 0.3 is 0 Å². The van der Waals surface area contributed by atoms with Crippen molar-refractivity contribution in [3.05, 3.63) is 53.3 Å². The molecule has 4 rings (SSSR count). The maximum absolute atomic E-state index is 14.2. The fraction of sp³-hybridized carbons (Fsp3) is 0.318. The van der Waals surface area contributed by atoms with Crippen molar-refractivity contribution >= 4 is 28.6 Å². The number of nitrogens with zero attached hydrogens (tertiary/aromatic N) is 3. The fourth-order valence-corrected chi connectivity index (χ4v) is 4.75. The molecular formula is C22H23F2N5O2S. The van der Waals surface area contributed by atoms with Crippen molar-refractivity contribution in [3.63, 3.8) is 0 Å². The first-order chi connectivity index (χ1) is 15.4. The first kappa shape index (κ1) is 22.1. The number of amides is 1. The highest BCUT2D eigenvalue weighted by molar-refractivity contribution is 7.13. The minimum Gasteiger partial charge on any atom is -0.505 e. The molecule has 0 saturated carbocycles. The molecule has 2 unspecified atom stereocenters. The molecule has 10 heteroatoms. The molecule has 4 N–H and O–H groups in total. The van der Waals surface area contributed by atoms with Gasteiger partial charge in [-0.2, -0.15) is 0 Å². The standard InChI is InChI=1S/C22H23F2N5O2S/c1-2-12-7-13(25)10-29(9-12)17-5-6-26-8-15(17)27-21(31)16-11-32-22(28-16)19-14(23)3-4-18(30)20(19)24/h3-6,8,11-13,30H,2,7,9-10,25H2,1H3,(H,27,31). The molecule has 3 aromatic rings. The number of rotatable bonds is 5. The highest BCUT2D eigenvalue weighted by Crippen LogP contribution is 2.34. The smallest absolute Gasteiger partial charge is 0.275 e. The molecule has 1 fully saturated rings. The normalized spacial score (nSPS) is 18.6. The van der Waals surface area contributed by atoms with Gasteiger partial charge in [-0.1, -0.05) is 13.3 Å². The number of hydrogen-bond donors (Lipinski definition) is 3. The average molecular weight is 460 g/mol. The van der Waals surface area contributed by atoms with Gasteiger partial charge in [0.2, 0.25) is 0 Å². The third-order valence-electron chi connectivity index (χ3n) is 5.56. The summed E-state index contributed by atoms with van der Waals surface area (Å²) >= 11 is 0.909. The van der Waals surface area contributed by atoms with Crippen molar-refractivity contribution in [1.82, 2.24) is 9.97 Å². The Labute approximate surface area is 187 Å². The number of carbonyl (C=O) groups is 1. The number of carbonyl (C=O) groups excluding carboxylic acids is 1. The zero-order chi connectivity index (χ0) is 22.8. The van der Waals surface area contributed by atoms with Crippen LogP contribution in [0.3, 0.4) is 0 Å². The number of nitrogens with one attached hydrogen (secondary N) is 1. The molecule has 1 aliphatic heterocycles. The SMILES string of the molecule is CCC1CC(N)CN(c2ccncc2NC(=O)c2csc(-c3c(F)ccc(O)c3F)n2)C1. The Bertz CT molecular complexity index is 1140. The van der Waals surface area contributed by atoms with Gasteiger partial charge in [0.15, 0.2) is 11.6 Å². The molecule has 3 heterocycles. The van der Waals surface area contributed by atoms with Gasteiger partial charge in [-0.05, 0) is 30.5 Å². The van der Waals surface area contributed by atoms with Crippen molar-refractivity contribution in [2.75, 3.05) is 23.3 Å². The molecule has 2 atom stereocenters. The number of phenolic OH excluding ortho intramolecular Hbond substituents is 1. The molecular weight excluding hydrogens is 436 g/mol. The Morgan fingerprint density at radius 2 is 2.16 bits per heavy atom. The number of halogens is 2. The van der Waals surface area contributed by atoms with Gasteiger partial charge in [-0.15, -0.1) is 11.3 Å². The van der Waals surface area contributed by atoms with Crippen LogP contribution in [0, 0.1) is 17.6 Å². The number of anilines is 2. The second-order valence-electron chi connectivity index (χ2n) is 7.82. The third kappa shape index (κ3) is 4.42. The minimum absolute atomic E-state index is 0.00345. The minimum atomic E-state index is -1.12. The van der Waals surface area contributed by atoms with Gasteiger partial charge in [0.05, 0.1) is 23.1 Å². The van der Waals surface area contributed by atoms with E-state index in [1.54, 1.807) is 12.4 Å². The van der Waals surface area contributed by atoms with Gasteiger partial charge in [-0.25, -0.2) is 13.8 Å². The summed E-state index contributed by atoms with van der Waals surface area (Å²) in [5.74, 6) is -2.75. The van der Waals surface area contributed by atoms with Gasteiger partial charge in [0.25, 0.3) is 5.91 Å². The summed E-state index contributed by atoms with van der Waals surface area (Å²) in [4.78, 5) is 23.2. The van der Waals surface area contributed by atoms with Crippen molar-refractivity contribution < 1.29 is 18.7 Å². The highest BCUT2D eigenvalue weighted by atomic mass is 32.1. The van der Waals surface area contributed by atoms with Gasteiger partial charge < -0.3 is 21.1 Å². The van der Waals surface area contributed by atoms with E-state index in [9.17, 15) is 18.7 Å². The Kier molecular flexibility index (Phi) is 6.33. The fourth-order valence-electron chi connectivity index (χ4n) is 3.91. The van der Waals surface area contributed by atoms with Crippen LogP contribution in [-0.2, 0) is 0 Å².